The maximum Gasteiger partial charge on any atom is 0.229 e. The van der Waals surface area contributed by atoms with Gasteiger partial charge in [0, 0.05) is 17.2 Å². The van der Waals surface area contributed by atoms with E-state index in [-0.39, 0.29) is 34.2 Å². The molecule has 12 nitrogen and oxygen atoms in total. The van der Waals surface area contributed by atoms with Gasteiger partial charge < -0.3 is 60.2 Å². The molecule has 9 N–H and O–H groups in total. The lowest BCUT2D eigenvalue weighted by Crippen LogP contribution is -2.59. The molecule has 0 radical (unpaired) electrons. The third kappa shape index (κ3) is 4.11. The number of hydrogen-bond donors (Lipinski definition) is 9. The number of allylic oxidation sites excluding steroid dienone is 2. The van der Waals surface area contributed by atoms with Gasteiger partial charge in [0.2, 0.25) is 6.29 Å². The van der Waals surface area contributed by atoms with Crippen molar-refractivity contribution in [3.8, 4) is 17.2 Å². The van der Waals surface area contributed by atoms with Crippen LogP contribution in [0.1, 0.15) is 5.56 Å². The molecule has 0 aromatic heterocycles. The Morgan fingerprint density at radius 1 is 0.879 bits per heavy atom. The zero-order valence-electron chi connectivity index (χ0n) is 16.8. The van der Waals surface area contributed by atoms with E-state index < -0.39 is 60.7 Å². The van der Waals surface area contributed by atoms with Crippen LogP contribution >= 0.6 is 0 Å². The van der Waals surface area contributed by atoms with Crippen molar-refractivity contribution in [2.24, 2.45) is 0 Å². The molecule has 12 heteroatoms. The molecule has 1 fully saturated rings. The monoisotopic (exact) mass is 466 g/mol. The maximum atomic E-state index is 10.3. The third-order valence-electron chi connectivity index (χ3n) is 5.36. The first-order valence-corrected chi connectivity index (χ1v) is 9.77. The van der Waals surface area contributed by atoms with Crippen molar-refractivity contribution in [1.82, 2.24) is 0 Å². The van der Waals surface area contributed by atoms with Crippen LogP contribution in [0.5, 0.6) is 17.2 Å². The summed E-state index contributed by atoms with van der Waals surface area (Å²) < 4.78 is 16.8. The number of benzene rings is 1. The Kier molecular flexibility index (Phi) is 5.97. The summed E-state index contributed by atoms with van der Waals surface area (Å²) >= 11 is 0. The van der Waals surface area contributed by atoms with Crippen LogP contribution < -0.4 is 0 Å². The molecule has 1 aromatic rings. The smallest absolute Gasteiger partial charge is 0.229 e. The number of aliphatic hydroxyl groups is 6. The number of fused-ring (bicyclic) bond motifs is 1. The largest absolute Gasteiger partial charge is 0.508 e. The Bertz CT molecular complexity index is 1050. The first-order valence-electron chi connectivity index (χ1n) is 9.77. The minimum atomic E-state index is -1.76. The Morgan fingerprint density at radius 3 is 2.18 bits per heavy atom. The van der Waals surface area contributed by atoms with E-state index >= 15 is 0 Å². The predicted molar refractivity (Wildman–Crippen MR) is 107 cm³/mol. The van der Waals surface area contributed by atoms with Gasteiger partial charge >= 0.3 is 0 Å². The first-order chi connectivity index (χ1) is 15.6. The number of aromatic hydroxyl groups is 3. The average Bonchev–Trinajstić information content (AvgIpc) is 2.77. The predicted octanol–water partition coefficient (Wildman–Crippen LogP) is -1.05. The van der Waals surface area contributed by atoms with E-state index in [0.717, 1.165) is 18.2 Å². The van der Waals surface area contributed by atoms with E-state index in [2.05, 4.69) is 0 Å². The van der Waals surface area contributed by atoms with E-state index in [1.807, 2.05) is 0 Å². The van der Waals surface area contributed by atoms with Gasteiger partial charge in [-0.05, 0) is 24.3 Å². The van der Waals surface area contributed by atoms with Gasteiger partial charge in [0.05, 0.1) is 6.61 Å². The van der Waals surface area contributed by atoms with Gasteiger partial charge in [-0.1, -0.05) is 0 Å². The number of hydrogen-bond acceptors (Lipinski definition) is 12. The molecule has 0 amide bonds. The fourth-order valence-corrected chi connectivity index (χ4v) is 3.59. The van der Waals surface area contributed by atoms with Crippen LogP contribution in [0.2, 0.25) is 0 Å². The molecule has 6 atom stereocenters. The van der Waals surface area contributed by atoms with E-state index in [1.165, 1.54) is 12.2 Å². The van der Waals surface area contributed by atoms with Crippen molar-refractivity contribution in [1.29, 1.82) is 0 Å². The fourth-order valence-electron chi connectivity index (χ4n) is 3.59. The van der Waals surface area contributed by atoms with Crippen LogP contribution in [0.4, 0.5) is 0 Å². The quantitative estimate of drug-likeness (QED) is 0.243. The molecule has 1 aromatic carbocycles. The Balaban J connectivity index is 1.79. The summed E-state index contributed by atoms with van der Waals surface area (Å²) in [5.74, 6) is -2.84. The van der Waals surface area contributed by atoms with Gasteiger partial charge in [-0.15, -0.1) is 0 Å². The lowest BCUT2D eigenvalue weighted by Gasteiger charge is -2.40. The Hall–Kier alpha value is -3.26. The van der Waals surface area contributed by atoms with E-state index in [1.54, 1.807) is 0 Å². The van der Waals surface area contributed by atoms with Crippen LogP contribution in [0.25, 0.3) is 5.76 Å². The highest BCUT2D eigenvalue weighted by atomic mass is 16.7. The summed E-state index contributed by atoms with van der Waals surface area (Å²) in [6.45, 7) is -0.691. The van der Waals surface area contributed by atoms with Crippen molar-refractivity contribution in [2.75, 3.05) is 6.61 Å². The molecule has 1 saturated heterocycles. The van der Waals surface area contributed by atoms with E-state index in [4.69, 9.17) is 14.2 Å². The molecular weight excluding hydrogens is 444 g/mol. The molecular formula is C21H22O12. The van der Waals surface area contributed by atoms with Crippen molar-refractivity contribution in [2.45, 2.75) is 36.8 Å². The summed E-state index contributed by atoms with van der Waals surface area (Å²) in [4.78, 5) is 0. The number of phenols is 3. The molecule has 178 valence electrons. The van der Waals surface area contributed by atoms with Crippen molar-refractivity contribution < 1.29 is 60.2 Å². The zero-order valence-corrected chi connectivity index (χ0v) is 16.8. The summed E-state index contributed by atoms with van der Waals surface area (Å²) in [6.07, 6.45) is -5.67. The highest BCUT2D eigenvalue weighted by molar-refractivity contribution is 5.72. The first kappa shape index (κ1) is 22.9. The molecule has 33 heavy (non-hydrogen) atoms. The van der Waals surface area contributed by atoms with Gasteiger partial charge in [0.1, 0.15) is 42.0 Å². The van der Waals surface area contributed by atoms with Crippen LogP contribution in [0.3, 0.4) is 0 Å². The molecule has 4 rings (SSSR count). The van der Waals surface area contributed by atoms with Gasteiger partial charge in [-0.2, -0.15) is 0 Å². The Morgan fingerprint density at radius 2 is 1.55 bits per heavy atom. The maximum absolute atomic E-state index is 10.3. The second kappa shape index (κ2) is 8.59. The van der Waals surface area contributed by atoms with Gasteiger partial charge in [-0.25, -0.2) is 0 Å². The summed E-state index contributed by atoms with van der Waals surface area (Å²) in [5, 5.41) is 89.2. The molecule has 2 heterocycles. The normalized spacial score (nSPS) is 31.7. The SMILES string of the molecule is OCC1OC(OC2=C(c3cc(O)c(O)c(O)c3)OC3=CC(O)=CC(O)C3=C2)C(O)C(O)C1O. The number of aliphatic hydroxyl groups excluding tert-OH is 6. The number of phenolic OH excluding ortho intramolecular Hbond substituents is 3. The number of rotatable bonds is 4. The molecule has 2 aliphatic heterocycles. The Labute approximate surface area is 186 Å². The topological polar surface area (TPSA) is 210 Å². The van der Waals surface area contributed by atoms with Crippen LogP contribution in [0, 0.1) is 0 Å². The van der Waals surface area contributed by atoms with Gasteiger partial charge in [0.15, 0.2) is 28.8 Å². The number of ether oxygens (including phenoxy) is 3. The second-order valence-corrected chi connectivity index (χ2v) is 7.62. The standard InChI is InChI=1S/C21H22O12/c22-6-15-17(28)18(29)19(30)21(33-15)32-14-5-9-10(24)3-8(23)4-13(9)31-20(14)7-1-11(25)16(27)12(26)2-7/h1-5,10,15,17-19,21-30H,6H2. The van der Waals surface area contributed by atoms with Crippen molar-refractivity contribution >= 4 is 5.76 Å². The van der Waals surface area contributed by atoms with E-state index in [0.29, 0.717) is 0 Å². The minimum absolute atomic E-state index is 0.00528. The summed E-state index contributed by atoms with van der Waals surface area (Å²) in [6, 6.07) is 2.07. The van der Waals surface area contributed by atoms with Crippen LogP contribution in [0.15, 0.2) is 53.2 Å². The molecule has 3 aliphatic rings. The van der Waals surface area contributed by atoms with Gasteiger partial charge in [0.25, 0.3) is 0 Å². The summed E-state index contributed by atoms with van der Waals surface area (Å²) in [7, 11) is 0. The molecule has 0 bridgehead atoms. The lowest BCUT2D eigenvalue weighted by molar-refractivity contribution is -0.290. The molecule has 0 spiro atoms. The molecule has 1 aliphatic carbocycles. The average molecular weight is 466 g/mol. The lowest BCUT2D eigenvalue weighted by atomic mass is 9.97. The third-order valence-corrected chi connectivity index (χ3v) is 5.36. The minimum Gasteiger partial charge on any atom is -0.508 e. The zero-order chi connectivity index (χ0) is 24.0. The van der Waals surface area contributed by atoms with E-state index in [9.17, 15) is 46.0 Å². The van der Waals surface area contributed by atoms with Crippen molar-refractivity contribution in [3.05, 3.63) is 58.8 Å². The summed E-state index contributed by atoms with van der Waals surface area (Å²) in [5.41, 5.74) is 0.130. The fraction of sp³-hybridized carbons (Fsp3) is 0.333. The highest BCUT2D eigenvalue weighted by Crippen LogP contribution is 2.43. The molecule has 0 saturated carbocycles. The van der Waals surface area contributed by atoms with Crippen LogP contribution in [-0.2, 0) is 14.2 Å². The highest BCUT2D eigenvalue weighted by Gasteiger charge is 2.45. The van der Waals surface area contributed by atoms with Crippen LogP contribution in [-0.4, -0.2) is 89.4 Å². The second-order valence-electron chi connectivity index (χ2n) is 7.62. The van der Waals surface area contributed by atoms with Crippen molar-refractivity contribution in [3.63, 3.8) is 0 Å². The molecule has 6 unspecified atom stereocenters. The van der Waals surface area contributed by atoms with Gasteiger partial charge in [-0.3, -0.25) is 0 Å².